The lowest BCUT2D eigenvalue weighted by Gasteiger charge is -2.02. The number of nitrogens with one attached hydrogen (secondary N) is 1. The van der Waals surface area contributed by atoms with Crippen molar-refractivity contribution in [2.45, 2.75) is 25.9 Å². The van der Waals surface area contributed by atoms with Crippen molar-refractivity contribution in [3.63, 3.8) is 0 Å². The number of nitrogens with zero attached hydrogens (tertiary/aromatic N) is 2. The maximum atomic E-state index is 10.9. The van der Waals surface area contributed by atoms with Crippen LogP contribution in [0.3, 0.4) is 0 Å². The van der Waals surface area contributed by atoms with Crippen molar-refractivity contribution in [1.29, 1.82) is 0 Å². The predicted octanol–water partition coefficient (Wildman–Crippen LogP) is 0.572. The van der Waals surface area contributed by atoms with E-state index in [1.165, 1.54) is 7.11 Å². The van der Waals surface area contributed by atoms with Crippen LogP contribution in [0, 0.1) is 0 Å². The van der Waals surface area contributed by atoms with Gasteiger partial charge in [0.05, 0.1) is 25.7 Å². The summed E-state index contributed by atoms with van der Waals surface area (Å²) in [6.07, 6.45) is 4.97. The third-order valence-corrected chi connectivity index (χ3v) is 2.50. The minimum Gasteiger partial charge on any atom is -0.469 e. The fraction of sp³-hybridized carbons (Fsp3) is 0.667. The van der Waals surface area contributed by atoms with Crippen LogP contribution in [-0.2, 0) is 27.4 Å². The Morgan fingerprint density at radius 1 is 1.50 bits per heavy atom. The van der Waals surface area contributed by atoms with Gasteiger partial charge in [-0.05, 0) is 6.42 Å². The molecule has 1 aromatic rings. The van der Waals surface area contributed by atoms with E-state index in [9.17, 15) is 4.79 Å². The molecular weight excluding hydrogens is 234 g/mol. The lowest BCUT2D eigenvalue weighted by atomic mass is 10.3. The summed E-state index contributed by atoms with van der Waals surface area (Å²) in [5.74, 6) is -0.170. The first-order valence-electron chi connectivity index (χ1n) is 6.03. The number of rotatable bonds is 9. The quantitative estimate of drug-likeness (QED) is 0.516. The second-order valence-corrected chi connectivity index (χ2v) is 3.95. The second kappa shape index (κ2) is 8.66. The Morgan fingerprint density at radius 3 is 3.06 bits per heavy atom. The van der Waals surface area contributed by atoms with Crippen molar-refractivity contribution in [1.82, 2.24) is 14.9 Å². The van der Waals surface area contributed by atoms with E-state index < -0.39 is 0 Å². The molecule has 1 heterocycles. The summed E-state index contributed by atoms with van der Waals surface area (Å²) in [5, 5.41) is 3.22. The molecule has 0 saturated carbocycles. The highest BCUT2D eigenvalue weighted by Gasteiger charge is 2.01. The molecule has 0 unspecified atom stereocenters. The fourth-order valence-electron chi connectivity index (χ4n) is 1.52. The smallest absolute Gasteiger partial charge is 0.305 e. The number of ether oxygens (including phenoxy) is 2. The SMILES string of the molecule is COCCNCc1cn(CCCC(=O)OC)cn1. The van der Waals surface area contributed by atoms with Crippen LogP contribution in [0.2, 0.25) is 0 Å². The highest BCUT2D eigenvalue weighted by molar-refractivity contribution is 5.68. The molecule has 0 aromatic carbocycles. The average molecular weight is 255 g/mol. The number of esters is 1. The van der Waals surface area contributed by atoms with E-state index >= 15 is 0 Å². The first-order chi connectivity index (χ1) is 8.76. The van der Waals surface area contributed by atoms with E-state index in [0.29, 0.717) is 13.0 Å². The van der Waals surface area contributed by atoms with Gasteiger partial charge < -0.3 is 19.4 Å². The predicted molar refractivity (Wildman–Crippen MR) is 67.1 cm³/mol. The van der Waals surface area contributed by atoms with Gasteiger partial charge in [-0.25, -0.2) is 4.98 Å². The van der Waals surface area contributed by atoms with Crippen LogP contribution in [0.1, 0.15) is 18.5 Å². The summed E-state index contributed by atoms with van der Waals surface area (Å²) in [6, 6.07) is 0. The zero-order chi connectivity index (χ0) is 13.2. The molecule has 1 aromatic heterocycles. The zero-order valence-corrected chi connectivity index (χ0v) is 11.0. The van der Waals surface area contributed by atoms with Crippen LogP contribution >= 0.6 is 0 Å². The molecule has 0 aliphatic carbocycles. The average Bonchev–Trinajstić information content (AvgIpc) is 2.82. The standard InChI is InChI=1S/C12H21N3O3/c1-17-7-5-13-8-11-9-15(10-14-11)6-3-4-12(16)18-2/h9-10,13H,3-8H2,1-2H3. The van der Waals surface area contributed by atoms with E-state index in [2.05, 4.69) is 15.0 Å². The van der Waals surface area contributed by atoms with Gasteiger partial charge in [0, 0.05) is 39.4 Å². The Balaban J connectivity index is 2.19. The first-order valence-corrected chi connectivity index (χ1v) is 6.03. The first kappa shape index (κ1) is 14.7. The van der Waals surface area contributed by atoms with Gasteiger partial charge in [0.2, 0.25) is 0 Å². The van der Waals surface area contributed by atoms with E-state index in [0.717, 1.165) is 31.7 Å². The third kappa shape index (κ3) is 5.79. The minimum absolute atomic E-state index is 0.170. The molecule has 0 fully saturated rings. The molecule has 0 amide bonds. The van der Waals surface area contributed by atoms with Gasteiger partial charge in [-0.2, -0.15) is 0 Å². The van der Waals surface area contributed by atoms with Crippen LogP contribution in [-0.4, -0.2) is 42.9 Å². The van der Waals surface area contributed by atoms with Crippen molar-refractivity contribution in [2.24, 2.45) is 0 Å². The molecule has 6 heteroatoms. The van der Waals surface area contributed by atoms with Crippen LogP contribution in [0.25, 0.3) is 0 Å². The van der Waals surface area contributed by atoms with Crippen LogP contribution in [0.5, 0.6) is 0 Å². The Bertz CT molecular complexity index is 352. The highest BCUT2D eigenvalue weighted by Crippen LogP contribution is 2.00. The molecule has 1 rings (SSSR count). The Morgan fingerprint density at radius 2 is 2.33 bits per heavy atom. The van der Waals surface area contributed by atoms with Crippen molar-refractivity contribution in [3.8, 4) is 0 Å². The molecule has 0 atom stereocenters. The van der Waals surface area contributed by atoms with E-state index in [-0.39, 0.29) is 5.97 Å². The molecule has 0 saturated heterocycles. The monoisotopic (exact) mass is 255 g/mol. The Labute approximate surface area is 107 Å². The molecule has 0 radical (unpaired) electrons. The van der Waals surface area contributed by atoms with Gasteiger partial charge in [0.1, 0.15) is 0 Å². The molecule has 1 N–H and O–H groups in total. The number of carbonyl (C=O) groups excluding carboxylic acids is 1. The number of hydrogen-bond acceptors (Lipinski definition) is 5. The number of aromatic nitrogens is 2. The van der Waals surface area contributed by atoms with Crippen molar-refractivity contribution >= 4 is 5.97 Å². The van der Waals surface area contributed by atoms with Gasteiger partial charge in [0.25, 0.3) is 0 Å². The number of aryl methyl sites for hydroxylation is 1. The van der Waals surface area contributed by atoms with Crippen molar-refractivity contribution in [2.75, 3.05) is 27.4 Å². The van der Waals surface area contributed by atoms with Gasteiger partial charge in [-0.15, -0.1) is 0 Å². The lowest BCUT2D eigenvalue weighted by Crippen LogP contribution is -2.18. The lowest BCUT2D eigenvalue weighted by molar-refractivity contribution is -0.140. The second-order valence-electron chi connectivity index (χ2n) is 3.95. The third-order valence-electron chi connectivity index (χ3n) is 2.50. The van der Waals surface area contributed by atoms with E-state index in [1.54, 1.807) is 13.4 Å². The maximum absolute atomic E-state index is 10.9. The van der Waals surface area contributed by atoms with E-state index in [1.807, 2.05) is 10.8 Å². The molecule has 102 valence electrons. The maximum Gasteiger partial charge on any atom is 0.305 e. The van der Waals surface area contributed by atoms with Crippen LogP contribution < -0.4 is 5.32 Å². The summed E-state index contributed by atoms with van der Waals surface area (Å²) in [4.78, 5) is 15.2. The zero-order valence-electron chi connectivity index (χ0n) is 11.0. The van der Waals surface area contributed by atoms with Gasteiger partial charge in [-0.1, -0.05) is 0 Å². The van der Waals surface area contributed by atoms with Gasteiger partial charge >= 0.3 is 5.97 Å². The van der Waals surface area contributed by atoms with Crippen LogP contribution in [0.4, 0.5) is 0 Å². The Hall–Kier alpha value is -1.40. The fourth-order valence-corrected chi connectivity index (χ4v) is 1.52. The molecular formula is C12H21N3O3. The van der Waals surface area contributed by atoms with Crippen LogP contribution in [0.15, 0.2) is 12.5 Å². The highest BCUT2D eigenvalue weighted by atomic mass is 16.5. The minimum atomic E-state index is -0.170. The summed E-state index contributed by atoms with van der Waals surface area (Å²) in [6.45, 7) is 3.01. The summed E-state index contributed by atoms with van der Waals surface area (Å²) < 4.78 is 11.5. The summed E-state index contributed by atoms with van der Waals surface area (Å²) in [7, 11) is 3.08. The van der Waals surface area contributed by atoms with Gasteiger partial charge in [0.15, 0.2) is 0 Å². The molecule has 0 bridgehead atoms. The van der Waals surface area contributed by atoms with Crippen molar-refractivity contribution < 1.29 is 14.3 Å². The molecule has 0 aliphatic heterocycles. The summed E-state index contributed by atoms with van der Waals surface area (Å²) in [5.41, 5.74) is 0.990. The number of methoxy groups -OCH3 is 2. The molecule has 0 spiro atoms. The molecule has 0 aliphatic rings. The molecule has 6 nitrogen and oxygen atoms in total. The number of hydrogen-bond donors (Lipinski definition) is 1. The number of carbonyl (C=O) groups is 1. The van der Waals surface area contributed by atoms with Crippen molar-refractivity contribution in [3.05, 3.63) is 18.2 Å². The molecule has 18 heavy (non-hydrogen) atoms. The summed E-state index contributed by atoms with van der Waals surface area (Å²) >= 11 is 0. The van der Waals surface area contributed by atoms with E-state index in [4.69, 9.17) is 4.74 Å². The van der Waals surface area contributed by atoms with Gasteiger partial charge in [-0.3, -0.25) is 4.79 Å². The number of imidazole rings is 1. The normalized spacial score (nSPS) is 10.6. The Kier molecular flexibility index (Phi) is 7.05. The topological polar surface area (TPSA) is 65.4 Å². The largest absolute Gasteiger partial charge is 0.469 e.